The predicted octanol–water partition coefficient (Wildman–Crippen LogP) is 2.31. The van der Waals surface area contributed by atoms with E-state index in [-0.39, 0.29) is 11.7 Å². The number of aromatic nitrogens is 3. The largest absolute Gasteiger partial charge is 0.461 e. The number of nitrogens with zero attached hydrogens (tertiary/aromatic N) is 5. The number of nitrogens with two attached hydrogens (primary N) is 1. The van der Waals surface area contributed by atoms with Gasteiger partial charge in [0.1, 0.15) is 0 Å². The quantitative estimate of drug-likeness (QED) is 0.508. The Kier molecular flexibility index (Phi) is 5.48. The molecule has 9 heteroatoms. The number of carbonyl (C=O) groups excluding carboxylic acids is 1. The Balaban J connectivity index is 1.32. The van der Waals surface area contributed by atoms with Crippen molar-refractivity contribution < 1.29 is 9.21 Å². The summed E-state index contributed by atoms with van der Waals surface area (Å²) < 4.78 is 6.66. The highest BCUT2D eigenvalue weighted by Crippen LogP contribution is 2.25. The SMILES string of the molecule is Cc1cccc(N2CCN(C(=O)CSc3nnc(-c4ccco4)n3N)CC2)c1C. The minimum Gasteiger partial charge on any atom is -0.461 e. The molecule has 1 aromatic carbocycles. The number of rotatable bonds is 5. The number of amides is 1. The van der Waals surface area contributed by atoms with E-state index in [9.17, 15) is 4.79 Å². The van der Waals surface area contributed by atoms with Gasteiger partial charge in [-0.05, 0) is 43.2 Å². The van der Waals surface area contributed by atoms with Crippen LogP contribution in [0.5, 0.6) is 0 Å². The number of thioether (sulfide) groups is 1. The van der Waals surface area contributed by atoms with Crippen molar-refractivity contribution in [2.45, 2.75) is 19.0 Å². The summed E-state index contributed by atoms with van der Waals surface area (Å²) in [5.74, 6) is 7.38. The van der Waals surface area contributed by atoms with Gasteiger partial charge in [0.15, 0.2) is 5.76 Å². The number of furan rings is 1. The monoisotopic (exact) mass is 412 g/mol. The van der Waals surface area contributed by atoms with Crippen molar-refractivity contribution in [3.63, 3.8) is 0 Å². The molecule has 1 aliphatic heterocycles. The molecule has 3 heterocycles. The molecule has 4 rings (SSSR count). The second-order valence-corrected chi connectivity index (χ2v) is 7.97. The molecule has 3 aromatic rings. The van der Waals surface area contributed by atoms with E-state index in [1.165, 1.54) is 33.3 Å². The summed E-state index contributed by atoms with van der Waals surface area (Å²) in [5.41, 5.74) is 3.85. The number of piperazine rings is 1. The van der Waals surface area contributed by atoms with Crippen LogP contribution in [0.3, 0.4) is 0 Å². The van der Waals surface area contributed by atoms with Crippen LogP contribution in [0.1, 0.15) is 11.1 Å². The average molecular weight is 413 g/mol. The molecular formula is C20H24N6O2S. The lowest BCUT2D eigenvalue weighted by Crippen LogP contribution is -2.49. The van der Waals surface area contributed by atoms with Gasteiger partial charge in [-0.25, -0.2) is 4.68 Å². The normalized spacial score (nSPS) is 14.4. The van der Waals surface area contributed by atoms with Gasteiger partial charge in [-0.3, -0.25) is 4.79 Å². The molecule has 1 amide bonds. The Morgan fingerprint density at radius 3 is 2.66 bits per heavy atom. The van der Waals surface area contributed by atoms with Crippen LogP contribution >= 0.6 is 11.8 Å². The number of aryl methyl sites for hydroxylation is 1. The van der Waals surface area contributed by atoms with Crippen LogP contribution in [0.4, 0.5) is 5.69 Å². The first-order valence-corrected chi connectivity index (χ1v) is 10.5. The minimum absolute atomic E-state index is 0.0816. The first-order valence-electron chi connectivity index (χ1n) is 9.50. The van der Waals surface area contributed by atoms with Crippen LogP contribution in [0.15, 0.2) is 46.2 Å². The number of carbonyl (C=O) groups is 1. The average Bonchev–Trinajstić information content (AvgIpc) is 3.38. The second-order valence-electron chi connectivity index (χ2n) is 7.03. The second kappa shape index (κ2) is 8.20. The van der Waals surface area contributed by atoms with Crippen molar-refractivity contribution in [3.8, 4) is 11.6 Å². The van der Waals surface area contributed by atoms with E-state index < -0.39 is 0 Å². The molecule has 2 N–H and O–H groups in total. The Labute approximate surface area is 173 Å². The number of benzene rings is 1. The third kappa shape index (κ3) is 3.95. The summed E-state index contributed by atoms with van der Waals surface area (Å²) in [7, 11) is 0. The van der Waals surface area contributed by atoms with Crippen LogP contribution < -0.4 is 10.7 Å². The van der Waals surface area contributed by atoms with Crippen molar-refractivity contribution >= 4 is 23.4 Å². The number of hydrogen-bond acceptors (Lipinski definition) is 7. The van der Waals surface area contributed by atoms with Crippen molar-refractivity contribution in [3.05, 3.63) is 47.7 Å². The maximum Gasteiger partial charge on any atom is 0.233 e. The smallest absolute Gasteiger partial charge is 0.233 e. The van der Waals surface area contributed by atoms with E-state index in [1.807, 2.05) is 4.90 Å². The number of anilines is 1. The van der Waals surface area contributed by atoms with Gasteiger partial charge >= 0.3 is 0 Å². The highest BCUT2D eigenvalue weighted by Gasteiger charge is 2.23. The summed E-state index contributed by atoms with van der Waals surface area (Å²) in [5, 5.41) is 8.60. The molecule has 152 valence electrons. The third-order valence-electron chi connectivity index (χ3n) is 5.28. The molecule has 0 spiro atoms. The molecule has 0 unspecified atom stereocenters. The highest BCUT2D eigenvalue weighted by atomic mass is 32.2. The van der Waals surface area contributed by atoms with E-state index in [4.69, 9.17) is 10.3 Å². The maximum absolute atomic E-state index is 12.7. The van der Waals surface area contributed by atoms with Gasteiger partial charge in [-0.2, -0.15) is 0 Å². The molecule has 0 aliphatic carbocycles. The zero-order valence-electron chi connectivity index (χ0n) is 16.5. The first-order chi connectivity index (χ1) is 14.0. The van der Waals surface area contributed by atoms with Crippen LogP contribution in [-0.2, 0) is 4.79 Å². The van der Waals surface area contributed by atoms with Gasteiger partial charge in [0.05, 0.1) is 12.0 Å². The predicted molar refractivity (Wildman–Crippen MR) is 113 cm³/mol. The maximum atomic E-state index is 12.7. The fourth-order valence-corrected chi connectivity index (χ4v) is 4.20. The van der Waals surface area contributed by atoms with Crippen molar-refractivity contribution in [2.24, 2.45) is 0 Å². The molecule has 2 aromatic heterocycles. The van der Waals surface area contributed by atoms with Crippen molar-refractivity contribution in [2.75, 3.05) is 42.7 Å². The van der Waals surface area contributed by atoms with Gasteiger partial charge in [-0.15, -0.1) is 10.2 Å². The molecular weight excluding hydrogens is 388 g/mol. The summed E-state index contributed by atoms with van der Waals surface area (Å²) in [6.45, 7) is 7.36. The van der Waals surface area contributed by atoms with Crippen molar-refractivity contribution in [1.29, 1.82) is 0 Å². The minimum atomic E-state index is 0.0816. The number of hydrogen-bond donors (Lipinski definition) is 1. The van der Waals surface area contributed by atoms with Gasteiger partial charge in [-0.1, -0.05) is 23.9 Å². The first kappa shape index (κ1) is 19.4. The van der Waals surface area contributed by atoms with E-state index in [0.29, 0.717) is 29.8 Å². The topological polar surface area (TPSA) is 93.4 Å². The van der Waals surface area contributed by atoms with Crippen LogP contribution in [0.25, 0.3) is 11.6 Å². The third-order valence-corrected chi connectivity index (χ3v) is 6.21. The highest BCUT2D eigenvalue weighted by molar-refractivity contribution is 7.99. The van der Waals surface area contributed by atoms with Gasteiger partial charge in [0, 0.05) is 31.9 Å². The standard InChI is InChI=1S/C20H24N6O2S/c1-14-5-3-6-16(15(14)2)24-8-10-25(11-9-24)18(27)13-29-20-23-22-19(26(20)21)17-7-4-12-28-17/h3-7,12H,8-11,13,21H2,1-2H3. The summed E-state index contributed by atoms with van der Waals surface area (Å²) in [6.07, 6.45) is 1.55. The molecule has 1 aliphatic rings. The van der Waals surface area contributed by atoms with E-state index >= 15 is 0 Å². The zero-order valence-corrected chi connectivity index (χ0v) is 17.4. The van der Waals surface area contributed by atoms with E-state index in [2.05, 4.69) is 47.1 Å². The lowest BCUT2D eigenvalue weighted by Gasteiger charge is -2.37. The molecule has 1 saturated heterocycles. The molecule has 0 bridgehead atoms. The Morgan fingerprint density at radius 1 is 1.14 bits per heavy atom. The fourth-order valence-electron chi connectivity index (χ4n) is 3.44. The Bertz CT molecular complexity index is 993. The molecule has 0 radical (unpaired) electrons. The van der Waals surface area contributed by atoms with Crippen LogP contribution in [0, 0.1) is 13.8 Å². The van der Waals surface area contributed by atoms with E-state index in [0.717, 1.165) is 13.1 Å². The Morgan fingerprint density at radius 2 is 1.93 bits per heavy atom. The van der Waals surface area contributed by atoms with Crippen LogP contribution in [-0.4, -0.2) is 57.6 Å². The molecule has 0 atom stereocenters. The molecule has 0 saturated carbocycles. The van der Waals surface area contributed by atoms with E-state index in [1.54, 1.807) is 18.4 Å². The van der Waals surface area contributed by atoms with Gasteiger partial charge in [0.2, 0.25) is 16.9 Å². The van der Waals surface area contributed by atoms with Crippen LogP contribution in [0.2, 0.25) is 0 Å². The van der Waals surface area contributed by atoms with Gasteiger partial charge < -0.3 is 20.1 Å². The Hall–Kier alpha value is -2.94. The summed E-state index contributed by atoms with van der Waals surface area (Å²) in [4.78, 5) is 16.9. The number of nitrogen functional groups attached to an aromatic ring is 1. The molecule has 29 heavy (non-hydrogen) atoms. The lowest BCUT2D eigenvalue weighted by atomic mass is 10.1. The zero-order chi connectivity index (χ0) is 20.4. The molecule has 8 nitrogen and oxygen atoms in total. The van der Waals surface area contributed by atoms with Crippen molar-refractivity contribution in [1.82, 2.24) is 19.8 Å². The fraction of sp³-hybridized carbons (Fsp3) is 0.350. The lowest BCUT2D eigenvalue weighted by molar-refractivity contribution is -0.128. The van der Waals surface area contributed by atoms with Gasteiger partial charge in [0.25, 0.3) is 0 Å². The summed E-state index contributed by atoms with van der Waals surface area (Å²) in [6, 6.07) is 9.90. The molecule has 1 fully saturated rings. The summed E-state index contributed by atoms with van der Waals surface area (Å²) >= 11 is 1.29.